The van der Waals surface area contributed by atoms with Crippen molar-refractivity contribution >= 4 is 11.8 Å². The fourth-order valence-corrected chi connectivity index (χ4v) is 4.04. The van der Waals surface area contributed by atoms with Gasteiger partial charge >= 0.3 is 0 Å². The van der Waals surface area contributed by atoms with Gasteiger partial charge in [-0.05, 0) is 30.5 Å². The molecule has 4 rings (SSSR count). The Kier molecular flexibility index (Phi) is 5.18. The third-order valence-electron chi connectivity index (χ3n) is 5.80. The zero-order valence-electron chi connectivity index (χ0n) is 16.4. The van der Waals surface area contributed by atoms with Gasteiger partial charge in [-0.3, -0.25) is 9.59 Å². The highest BCUT2D eigenvalue weighted by Gasteiger charge is 2.39. The first-order chi connectivity index (χ1) is 13.5. The van der Waals surface area contributed by atoms with Crippen LogP contribution in [0.5, 0.6) is 0 Å². The summed E-state index contributed by atoms with van der Waals surface area (Å²) in [7, 11) is 1.81. The summed E-state index contributed by atoms with van der Waals surface area (Å²) < 4.78 is 5.65. The number of ether oxygens (including phenoxy) is 1. The number of hydrogen-bond acceptors (Lipinski definition) is 3. The monoisotopic (exact) mass is 378 g/mol. The van der Waals surface area contributed by atoms with Gasteiger partial charge in [0.15, 0.2) is 0 Å². The quantitative estimate of drug-likeness (QED) is 0.825. The van der Waals surface area contributed by atoms with Crippen LogP contribution in [0, 0.1) is 12.8 Å². The summed E-state index contributed by atoms with van der Waals surface area (Å²) in [5, 5.41) is 0. The number of benzene rings is 2. The number of aryl methyl sites for hydroxylation is 1. The Hall–Kier alpha value is -2.66. The molecule has 0 saturated carbocycles. The summed E-state index contributed by atoms with van der Waals surface area (Å²) in [6.45, 7) is 3.86. The minimum Gasteiger partial charge on any atom is -0.378 e. The number of hydrogen-bond donors (Lipinski definition) is 0. The van der Waals surface area contributed by atoms with E-state index in [-0.39, 0.29) is 23.8 Å². The molecule has 2 aromatic rings. The number of carbonyl (C=O) groups is 2. The molecule has 28 heavy (non-hydrogen) atoms. The normalized spacial score (nSPS) is 22.1. The van der Waals surface area contributed by atoms with Crippen LogP contribution in [0.3, 0.4) is 0 Å². The molecule has 0 aromatic heterocycles. The zero-order valence-corrected chi connectivity index (χ0v) is 16.4. The molecule has 2 aliphatic rings. The standard InChI is InChI=1S/C23H26N2O3/c1-16-7-9-17(10-8-16)11-18-5-3-4-6-21(18)23(27)25-12-19-14-28-15-20(13-25)24(2)22(19)26/h3-10,19-20H,11-15H2,1-2H3/t19-,20+/m1/s1. The second kappa shape index (κ2) is 7.76. The van der Waals surface area contributed by atoms with Gasteiger partial charge in [0.25, 0.3) is 5.91 Å². The molecule has 0 N–H and O–H groups in total. The van der Waals surface area contributed by atoms with E-state index < -0.39 is 0 Å². The smallest absolute Gasteiger partial charge is 0.254 e. The van der Waals surface area contributed by atoms with Gasteiger partial charge < -0.3 is 14.5 Å². The van der Waals surface area contributed by atoms with Crippen molar-refractivity contribution in [3.8, 4) is 0 Å². The SMILES string of the molecule is Cc1ccc(Cc2ccccc2C(=O)N2C[C@@H]3COC[C@H](C2)N(C)C3=O)cc1. The van der Waals surface area contributed by atoms with Crippen LogP contribution in [0.1, 0.15) is 27.0 Å². The van der Waals surface area contributed by atoms with Gasteiger partial charge in [0.2, 0.25) is 5.91 Å². The average molecular weight is 378 g/mol. The Balaban J connectivity index is 1.60. The van der Waals surface area contributed by atoms with Crippen molar-refractivity contribution in [3.63, 3.8) is 0 Å². The Bertz CT molecular complexity index is 878. The molecule has 2 saturated heterocycles. The van der Waals surface area contributed by atoms with Crippen molar-refractivity contribution in [2.45, 2.75) is 19.4 Å². The lowest BCUT2D eigenvalue weighted by Gasteiger charge is -2.30. The summed E-state index contributed by atoms with van der Waals surface area (Å²) in [5.41, 5.74) is 4.14. The molecule has 0 spiro atoms. The number of nitrogens with zero attached hydrogens (tertiary/aromatic N) is 2. The number of amides is 2. The van der Waals surface area contributed by atoms with E-state index in [9.17, 15) is 9.59 Å². The minimum absolute atomic E-state index is 0.00251. The highest BCUT2D eigenvalue weighted by atomic mass is 16.5. The van der Waals surface area contributed by atoms with Crippen molar-refractivity contribution < 1.29 is 14.3 Å². The fourth-order valence-electron chi connectivity index (χ4n) is 4.04. The molecule has 5 nitrogen and oxygen atoms in total. The Morgan fingerprint density at radius 2 is 1.82 bits per heavy atom. The number of likely N-dealkylation sites (N-methyl/N-ethyl adjacent to an activating group) is 1. The zero-order chi connectivity index (χ0) is 19.7. The molecule has 2 fully saturated rings. The molecule has 2 bridgehead atoms. The molecule has 2 amide bonds. The molecule has 2 heterocycles. The highest BCUT2D eigenvalue weighted by Crippen LogP contribution is 2.23. The number of fused-ring (bicyclic) bond motifs is 3. The van der Waals surface area contributed by atoms with Crippen LogP contribution >= 0.6 is 0 Å². The molecule has 2 aromatic carbocycles. The lowest BCUT2D eigenvalue weighted by atomic mass is 9.98. The maximum atomic E-state index is 13.4. The molecule has 146 valence electrons. The van der Waals surface area contributed by atoms with Gasteiger partial charge in [0.05, 0.1) is 25.2 Å². The van der Waals surface area contributed by atoms with E-state index in [2.05, 4.69) is 31.2 Å². The molecule has 5 heteroatoms. The van der Waals surface area contributed by atoms with E-state index in [0.717, 1.165) is 11.1 Å². The molecule has 2 aliphatic heterocycles. The number of carbonyl (C=O) groups excluding carboxylic acids is 2. The lowest BCUT2D eigenvalue weighted by Crippen LogP contribution is -2.45. The van der Waals surface area contributed by atoms with Crippen LogP contribution in [-0.4, -0.2) is 61.0 Å². The largest absolute Gasteiger partial charge is 0.378 e. The van der Waals surface area contributed by atoms with E-state index in [0.29, 0.717) is 32.7 Å². The summed E-state index contributed by atoms with van der Waals surface area (Å²) in [5.74, 6) is -0.209. The first-order valence-corrected chi connectivity index (χ1v) is 9.80. The summed E-state index contributed by atoms with van der Waals surface area (Å²) in [4.78, 5) is 29.6. The van der Waals surface area contributed by atoms with Crippen LogP contribution in [0.15, 0.2) is 48.5 Å². The maximum Gasteiger partial charge on any atom is 0.254 e. The molecule has 0 aliphatic carbocycles. The van der Waals surface area contributed by atoms with Crippen molar-refractivity contribution in [1.82, 2.24) is 9.80 Å². The molecule has 2 atom stereocenters. The van der Waals surface area contributed by atoms with Crippen LogP contribution < -0.4 is 0 Å². The Morgan fingerprint density at radius 1 is 1.07 bits per heavy atom. The third-order valence-corrected chi connectivity index (χ3v) is 5.80. The van der Waals surface area contributed by atoms with Crippen LogP contribution in [0.4, 0.5) is 0 Å². The van der Waals surface area contributed by atoms with E-state index >= 15 is 0 Å². The van der Waals surface area contributed by atoms with Crippen molar-refractivity contribution in [3.05, 3.63) is 70.8 Å². The third kappa shape index (κ3) is 3.67. The van der Waals surface area contributed by atoms with E-state index in [1.807, 2.05) is 36.2 Å². The molecular weight excluding hydrogens is 352 g/mol. The van der Waals surface area contributed by atoms with Crippen molar-refractivity contribution in [2.75, 3.05) is 33.4 Å². The lowest BCUT2D eigenvalue weighted by molar-refractivity contribution is -0.133. The van der Waals surface area contributed by atoms with Crippen LogP contribution in [-0.2, 0) is 16.0 Å². The summed E-state index contributed by atoms with van der Waals surface area (Å²) in [6.07, 6.45) is 0.713. The first kappa shape index (κ1) is 18.7. The van der Waals surface area contributed by atoms with Crippen LogP contribution in [0.25, 0.3) is 0 Å². The van der Waals surface area contributed by atoms with Crippen molar-refractivity contribution in [2.24, 2.45) is 5.92 Å². The fraction of sp³-hybridized carbons (Fsp3) is 0.391. The summed E-state index contributed by atoms with van der Waals surface area (Å²) >= 11 is 0. The second-order valence-corrected chi connectivity index (χ2v) is 7.87. The van der Waals surface area contributed by atoms with E-state index in [4.69, 9.17) is 4.74 Å². The maximum absolute atomic E-state index is 13.4. The Labute approximate surface area is 165 Å². The predicted molar refractivity (Wildman–Crippen MR) is 107 cm³/mol. The molecular formula is C23H26N2O3. The molecule has 0 radical (unpaired) electrons. The van der Waals surface area contributed by atoms with Gasteiger partial charge in [-0.25, -0.2) is 0 Å². The minimum atomic E-state index is -0.286. The summed E-state index contributed by atoms with van der Waals surface area (Å²) in [6, 6.07) is 16.1. The number of rotatable bonds is 3. The average Bonchev–Trinajstić information content (AvgIpc) is 2.88. The van der Waals surface area contributed by atoms with Crippen LogP contribution in [0.2, 0.25) is 0 Å². The van der Waals surface area contributed by atoms with Gasteiger partial charge in [-0.15, -0.1) is 0 Å². The van der Waals surface area contributed by atoms with Crippen molar-refractivity contribution in [1.29, 1.82) is 0 Å². The second-order valence-electron chi connectivity index (χ2n) is 7.87. The highest BCUT2D eigenvalue weighted by molar-refractivity contribution is 5.96. The topological polar surface area (TPSA) is 49.9 Å². The van der Waals surface area contributed by atoms with Gasteiger partial charge in [0, 0.05) is 25.7 Å². The predicted octanol–water partition coefficient (Wildman–Crippen LogP) is 2.52. The van der Waals surface area contributed by atoms with Gasteiger partial charge in [0.1, 0.15) is 0 Å². The Morgan fingerprint density at radius 3 is 2.61 bits per heavy atom. The van der Waals surface area contributed by atoms with Gasteiger partial charge in [-0.1, -0.05) is 48.0 Å². The van der Waals surface area contributed by atoms with Gasteiger partial charge in [-0.2, -0.15) is 0 Å². The van der Waals surface area contributed by atoms with E-state index in [1.54, 1.807) is 4.90 Å². The molecule has 0 unspecified atom stereocenters. The van der Waals surface area contributed by atoms with E-state index in [1.165, 1.54) is 11.1 Å². The first-order valence-electron chi connectivity index (χ1n) is 9.80.